The Morgan fingerprint density at radius 3 is 2.08 bits per heavy atom. The van der Waals surface area contributed by atoms with E-state index in [1.165, 1.54) is 12.1 Å². The molecule has 1 amide bonds. The molecule has 0 heterocycles. The van der Waals surface area contributed by atoms with Gasteiger partial charge in [0.2, 0.25) is 0 Å². The van der Waals surface area contributed by atoms with Crippen LogP contribution in [0.5, 0.6) is 0 Å². The van der Waals surface area contributed by atoms with Crippen LogP contribution < -0.4 is 5.73 Å². The van der Waals surface area contributed by atoms with Gasteiger partial charge in [0.15, 0.2) is 0 Å². The molecular formula is C28H29BrN2O6S. The topological polar surface area (TPSA) is 116 Å². The Bertz CT molecular complexity index is 1370. The Balaban J connectivity index is 1.68. The molecule has 0 unspecified atom stereocenters. The molecule has 3 aromatic rings. The second kappa shape index (κ2) is 12.1. The summed E-state index contributed by atoms with van der Waals surface area (Å²) in [6.07, 6.45) is -0.133. The molecule has 0 saturated carbocycles. The molecule has 1 aliphatic rings. The van der Waals surface area contributed by atoms with E-state index < -0.39 is 28.1 Å². The number of ether oxygens (including phenoxy) is 2. The minimum Gasteiger partial charge on any atom is -0.467 e. The molecule has 1 atom stereocenters. The number of halogens is 1. The number of esters is 1. The predicted molar refractivity (Wildman–Crippen MR) is 147 cm³/mol. The van der Waals surface area contributed by atoms with Crippen molar-refractivity contribution >= 4 is 38.0 Å². The van der Waals surface area contributed by atoms with E-state index in [2.05, 4.69) is 15.9 Å². The van der Waals surface area contributed by atoms with Crippen LogP contribution in [0.25, 0.3) is 11.1 Å². The van der Waals surface area contributed by atoms with Crippen LogP contribution in [0.15, 0.2) is 82.2 Å². The summed E-state index contributed by atoms with van der Waals surface area (Å²) in [5.74, 6) is -1.13. The molecule has 200 valence electrons. The Labute approximate surface area is 230 Å². The molecule has 0 saturated heterocycles. The summed E-state index contributed by atoms with van der Waals surface area (Å²) in [6, 6.07) is 20.1. The highest BCUT2D eigenvalue weighted by molar-refractivity contribution is 9.10. The highest BCUT2D eigenvalue weighted by Gasteiger charge is 2.42. The van der Waals surface area contributed by atoms with Crippen molar-refractivity contribution in [1.29, 1.82) is 0 Å². The van der Waals surface area contributed by atoms with Crippen LogP contribution in [0.1, 0.15) is 36.3 Å². The van der Waals surface area contributed by atoms with Crippen molar-refractivity contribution in [3.8, 4) is 11.1 Å². The smallest absolute Gasteiger partial charge is 0.424 e. The maximum Gasteiger partial charge on any atom is 0.424 e. The summed E-state index contributed by atoms with van der Waals surface area (Å²) in [5.41, 5.74) is 9.65. The zero-order chi connectivity index (χ0) is 27.3. The fourth-order valence-corrected chi connectivity index (χ4v) is 6.47. The first-order valence-corrected chi connectivity index (χ1v) is 14.5. The van der Waals surface area contributed by atoms with E-state index >= 15 is 0 Å². The molecule has 0 spiro atoms. The summed E-state index contributed by atoms with van der Waals surface area (Å²) >= 11 is 3.29. The van der Waals surface area contributed by atoms with Gasteiger partial charge in [0.1, 0.15) is 12.6 Å². The molecule has 4 rings (SSSR count). The van der Waals surface area contributed by atoms with E-state index in [1.54, 1.807) is 12.1 Å². The molecular weight excluding hydrogens is 572 g/mol. The molecule has 3 aromatic carbocycles. The number of methoxy groups -OCH3 is 1. The van der Waals surface area contributed by atoms with Gasteiger partial charge in [-0.15, -0.1) is 0 Å². The number of unbranched alkanes of at least 4 members (excludes halogenated alkanes) is 1. The van der Waals surface area contributed by atoms with Crippen LogP contribution in [0, 0.1) is 0 Å². The molecule has 2 N–H and O–H groups in total. The Hall–Kier alpha value is -3.21. The molecule has 0 fully saturated rings. The van der Waals surface area contributed by atoms with Gasteiger partial charge in [0.05, 0.1) is 12.0 Å². The number of hydrogen-bond donors (Lipinski definition) is 1. The van der Waals surface area contributed by atoms with Gasteiger partial charge in [-0.25, -0.2) is 18.0 Å². The molecule has 0 aromatic heterocycles. The minimum absolute atomic E-state index is 0.0455. The fourth-order valence-electron chi connectivity index (χ4n) is 4.72. The lowest BCUT2D eigenvalue weighted by Gasteiger charge is -2.29. The first kappa shape index (κ1) is 27.8. The second-order valence-corrected chi connectivity index (χ2v) is 11.6. The summed E-state index contributed by atoms with van der Waals surface area (Å²) < 4.78 is 39.3. The number of carbonyl (C=O) groups is 2. The number of nitrogens with zero attached hydrogens (tertiary/aromatic N) is 1. The molecule has 1 aliphatic carbocycles. The predicted octanol–water partition coefficient (Wildman–Crippen LogP) is 5.06. The SMILES string of the molecule is COC(=O)[C@H](CCCCN)N(C(=O)OCC1c2ccccc2-c2ccccc21)S(=O)(=O)c1ccc(Br)cc1. The zero-order valence-electron chi connectivity index (χ0n) is 20.9. The number of rotatable bonds is 10. The first-order valence-electron chi connectivity index (χ1n) is 12.2. The summed E-state index contributed by atoms with van der Waals surface area (Å²) in [6.45, 7) is 0.258. The first-order chi connectivity index (χ1) is 18.3. The van der Waals surface area contributed by atoms with E-state index in [0.717, 1.165) is 29.4 Å². The van der Waals surface area contributed by atoms with Gasteiger partial charge in [-0.05, 0) is 72.3 Å². The van der Waals surface area contributed by atoms with Crippen LogP contribution in [-0.4, -0.2) is 51.1 Å². The van der Waals surface area contributed by atoms with Crippen LogP contribution in [0.4, 0.5) is 4.79 Å². The van der Waals surface area contributed by atoms with Crippen LogP contribution in [0.3, 0.4) is 0 Å². The van der Waals surface area contributed by atoms with Crippen molar-refractivity contribution in [1.82, 2.24) is 4.31 Å². The number of amides is 1. The molecule has 0 radical (unpaired) electrons. The van der Waals surface area contributed by atoms with Gasteiger partial charge >= 0.3 is 12.1 Å². The fraction of sp³-hybridized carbons (Fsp3) is 0.286. The Kier molecular flexibility index (Phi) is 8.86. The van der Waals surface area contributed by atoms with Gasteiger partial charge in [-0.3, -0.25) is 0 Å². The van der Waals surface area contributed by atoms with Gasteiger partial charge < -0.3 is 15.2 Å². The molecule has 38 heavy (non-hydrogen) atoms. The average Bonchev–Trinajstić information content (AvgIpc) is 3.24. The van der Waals surface area contributed by atoms with Gasteiger partial charge in [-0.1, -0.05) is 64.5 Å². The van der Waals surface area contributed by atoms with E-state index in [-0.39, 0.29) is 23.8 Å². The highest BCUT2D eigenvalue weighted by Crippen LogP contribution is 2.44. The van der Waals surface area contributed by atoms with Crippen molar-refractivity contribution in [2.24, 2.45) is 5.73 Å². The zero-order valence-corrected chi connectivity index (χ0v) is 23.3. The second-order valence-electron chi connectivity index (χ2n) is 8.88. The van der Waals surface area contributed by atoms with E-state index in [1.807, 2.05) is 48.5 Å². The number of carbonyl (C=O) groups excluding carboxylic acids is 2. The third kappa shape index (κ3) is 5.62. The van der Waals surface area contributed by atoms with Gasteiger partial charge in [-0.2, -0.15) is 4.31 Å². The highest BCUT2D eigenvalue weighted by atomic mass is 79.9. The molecule has 8 nitrogen and oxygen atoms in total. The van der Waals surface area contributed by atoms with Crippen molar-refractivity contribution in [2.45, 2.75) is 36.1 Å². The monoisotopic (exact) mass is 600 g/mol. The summed E-state index contributed by atoms with van der Waals surface area (Å²) in [5, 5.41) is 0. The standard InChI is InChI=1S/C28H29BrN2O6S/c1-36-27(32)26(12-6-7-17-30)31(38(34,35)20-15-13-19(29)14-16-20)28(33)37-18-25-23-10-4-2-8-21(23)22-9-3-5-11-24(22)25/h2-5,8-11,13-16,25-26H,6-7,12,17-18,30H2,1H3/t26-/m0/s1. The quantitative estimate of drug-likeness (QED) is 0.255. The third-order valence-electron chi connectivity index (χ3n) is 6.57. The van der Waals surface area contributed by atoms with Crippen molar-refractivity contribution in [2.75, 3.05) is 20.3 Å². The lowest BCUT2D eigenvalue weighted by molar-refractivity contribution is -0.145. The van der Waals surface area contributed by atoms with E-state index in [4.69, 9.17) is 15.2 Å². The minimum atomic E-state index is -4.47. The van der Waals surface area contributed by atoms with Crippen molar-refractivity contribution < 1.29 is 27.5 Å². The lowest BCUT2D eigenvalue weighted by Crippen LogP contribution is -2.49. The van der Waals surface area contributed by atoms with Crippen molar-refractivity contribution in [3.05, 3.63) is 88.4 Å². The number of benzene rings is 3. The Morgan fingerprint density at radius 1 is 0.947 bits per heavy atom. The number of fused-ring (bicyclic) bond motifs is 3. The molecule has 0 bridgehead atoms. The van der Waals surface area contributed by atoms with Crippen LogP contribution in [0.2, 0.25) is 0 Å². The normalized spacial score (nSPS) is 13.3. The maximum absolute atomic E-state index is 13.7. The van der Waals surface area contributed by atoms with Crippen molar-refractivity contribution in [3.63, 3.8) is 0 Å². The van der Waals surface area contributed by atoms with Crippen LogP contribution >= 0.6 is 15.9 Å². The Morgan fingerprint density at radius 2 is 1.53 bits per heavy atom. The van der Waals surface area contributed by atoms with Gasteiger partial charge in [0, 0.05) is 10.4 Å². The lowest BCUT2D eigenvalue weighted by atomic mass is 9.98. The average molecular weight is 602 g/mol. The number of hydrogen-bond acceptors (Lipinski definition) is 7. The number of nitrogens with two attached hydrogens (primary N) is 1. The third-order valence-corrected chi connectivity index (χ3v) is 8.89. The van der Waals surface area contributed by atoms with Gasteiger partial charge in [0.25, 0.3) is 10.0 Å². The van der Waals surface area contributed by atoms with E-state index in [0.29, 0.717) is 28.2 Å². The largest absolute Gasteiger partial charge is 0.467 e. The molecule has 10 heteroatoms. The number of sulfonamides is 1. The summed E-state index contributed by atoms with van der Waals surface area (Å²) in [4.78, 5) is 26.2. The van der Waals surface area contributed by atoms with E-state index in [9.17, 15) is 18.0 Å². The van der Waals surface area contributed by atoms with Crippen LogP contribution in [-0.2, 0) is 24.3 Å². The maximum atomic E-state index is 13.7. The summed E-state index contributed by atoms with van der Waals surface area (Å²) in [7, 11) is -3.32. The molecule has 0 aliphatic heterocycles.